The van der Waals surface area contributed by atoms with Gasteiger partial charge in [-0.15, -0.1) is 18.2 Å². The lowest BCUT2D eigenvalue weighted by atomic mass is 10.1. The summed E-state index contributed by atoms with van der Waals surface area (Å²) in [7, 11) is 0. The lowest BCUT2D eigenvalue weighted by molar-refractivity contribution is -0.120. The fourth-order valence-corrected chi connectivity index (χ4v) is 1.68. The van der Waals surface area contributed by atoms with Crippen molar-refractivity contribution in [2.24, 2.45) is 0 Å². The van der Waals surface area contributed by atoms with Crippen molar-refractivity contribution in [3.8, 4) is 17.6 Å². The highest BCUT2D eigenvalue weighted by atomic mass is 35.5. The lowest BCUT2D eigenvalue weighted by Crippen LogP contribution is -2.23. The van der Waals surface area contributed by atoms with Crippen LogP contribution >= 0.6 is 11.6 Å². The second-order valence-electron chi connectivity index (χ2n) is 3.96. The number of allylic oxidation sites excluding steroid dienone is 1. The molecular formula is C16H18ClNO2. The first kappa shape index (κ1) is 16.1. The van der Waals surface area contributed by atoms with Crippen molar-refractivity contribution in [1.29, 1.82) is 0 Å². The molecule has 0 fully saturated rings. The zero-order chi connectivity index (χ0) is 14.6. The van der Waals surface area contributed by atoms with Crippen LogP contribution in [0.25, 0.3) is 0 Å². The summed E-state index contributed by atoms with van der Waals surface area (Å²) in [5.74, 6) is 6.72. The second-order valence-corrected chi connectivity index (χ2v) is 4.34. The molecule has 1 aromatic rings. The van der Waals surface area contributed by atoms with E-state index in [0.29, 0.717) is 25.5 Å². The Balaban J connectivity index is 2.34. The number of hydrogen-bond acceptors (Lipinski definition) is 2. The largest absolute Gasteiger partial charge is 0.481 e. The van der Waals surface area contributed by atoms with Crippen LogP contribution in [0.4, 0.5) is 0 Å². The summed E-state index contributed by atoms with van der Waals surface area (Å²) in [6.45, 7) is 4.32. The smallest absolute Gasteiger partial charge is 0.221 e. The molecule has 0 atom stereocenters. The van der Waals surface area contributed by atoms with Gasteiger partial charge in [0.05, 0.1) is 6.54 Å². The van der Waals surface area contributed by atoms with E-state index in [4.69, 9.17) is 16.3 Å². The van der Waals surface area contributed by atoms with Crippen LogP contribution in [0.1, 0.15) is 12.0 Å². The van der Waals surface area contributed by atoms with Crippen molar-refractivity contribution in [2.75, 3.05) is 19.0 Å². The summed E-state index contributed by atoms with van der Waals surface area (Å²) in [6, 6.07) is 7.78. The van der Waals surface area contributed by atoms with Crippen LogP contribution in [-0.4, -0.2) is 24.9 Å². The van der Waals surface area contributed by atoms with Crippen molar-refractivity contribution in [3.63, 3.8) is 0 Å². The quantitative estimate of drug-likeness (QED) is 0.476. The van der Waals surface area contributed by atoms with Crippen LogP contribution in [-0.2, 0) is 11.2 Å². The molecule has 1 aromatic carbocycles. The zero-order valence-corrected chi connectivity index (χ0v) is 12.1. The van der Waals surface area contributed by atoms with Gasteiger partial charge in [-0.2, -0.15) is 0 Å². The average molecular weight is 292 g/mol. The summed E-state index contributed by atoms with van der Waals surface area (Å²) < 4.78 is 5.59. The molecular weight excluding hydrogens is 274 g/mol. The SMILES string of the molecule is C=CCc1ccccc1OCC#CCNC(=O)CCCl. The number of halogens is 1. The van der Waals surface area contributed by atoms with Crippen LogP contribution in [0.5, 0.6) is 5.75 Å². The third-order valence-electron chi connectivity index (χ3n) is 2.46. The number of hydrogen-bond donors (Lipinski definition) is 1. The molecule has 1 N–H and O–H groups in total. The van der Waals surface area contributed by atoms with Crippen LogP contribution in [0, 0.1) is 11.8 Å². The first-order valence-corrected chi connectivity index (χ1v) is 6.91. The summed E-state index contributed by atoms with van der Waals surface area (Å²) in [6.07, 6.45) is 2.91. The summed E-state index contributed by atoms with van der Waals surface area (Å²) in [5, 5.41) is 2.65. The second kappa shape index (κ2) is 9.94. The van der Waals surface area contributed by atoms with Crippen LogP contribution in [0.3, 0.4) is 0 Å². The van der Waals surface area contributed by atoms with Gasteiger partial charge in [0.1, 0.15) is 12.4 Å². The van der Waals surface area contributed by atoms with Gasteiger partial charge >= 0.3 is 0 Å². The third kappa shape index (κ3) is 6.31. The van der Waals surface area contributed by atoms with E-state index in [-0.39, 0.29) is 5.91 Å². The van der Waals surface area contributed by atoms with Gasteiger partial charge in [-0.1, -0.05) is 36.1 Å². The number of ether oxygens (including phenoxy) is 1. The van der Waals surface area contributed by atoms with E-state index < -0.39 is 0 Å². The minimum atomic E-state index is -0.0912. The molecule has 1 amide bonds. The van der Waals surface area contributed by atoms with E-state index in [2.05, 4.69) is 23.7 Å². The Kier molecular flexibility index (Phi) is 8.02. The van der Waals surface area contributed by atoms with E-state index in [9.17, 15) is 4.79 Å². The molecule has 3 nitrogen and oxygen atoms in total. The summed E-state index contributed by atoms with van der Waals surface area (Å²) >= 11 is 5.44. The number of carbonyl (C=O) groups excluding carboxylic acids is 1. The van der Waals surface area contributed by atoms with Gasteiger partial charge in [-0.05, 0) is 18.1 Å². The van der Waals surface area contributed by atoms with E-state index in [1.807, 2.05) is 30.3 Å². The minimum Gasteiger partial charge on any atom is -0.481 e. The maximum atomic E-state index is 11.1. The molecule has 1 rings (SSSR count). The van der Waals surface area contributed by atoms with Crippen molar-refractivity contribution in [1.82, 2.24) is 5.32 Å². The number of rotatable bonds is 7. The monoisotopic (exact) mass is 291 g/mol. The Morgan fingerprint density at radius 1 is 1.40 bits per heavy atom. The molecule has 0 bridgehead atoms. The number of nitrogens with one attached hydrogen (secondary N) is 1. The fraction of sp³-hybridized carbons (Fsp3) is 0.312. The van der Waals surface area contributed by atoms with E-state index in [1.54, 1.807) is 0 Å². The number of alkyl halides is 1. The maximum Gasteiger partial charge on any atom is 0.221 e. The third-order valence-corrected chi connectivity index (χ3v) is 2.65. The first-order valence-electron chi connectivity index (χ1n) is 6.38. The lowest BCUT2D eigenvalue weighted by Gasteiger charge is -2.07. The molecule has 4 heteroatoms. The van der Waals surface area contributed by atoms with Gasteiger partial charge in [0, 0.05) is 12.3 Å². The number of amides is 1. The molecule has 20 heavy (non-hydrogen) atoms. The fourth-order valence-electron chi connectivity index (χ4n) is 1.51. The number of para-hydroxylation sites is 1. The van der Waals surface area contributed by atoms with Crippen LogP contribution in [0.15, 0.2) is 36.9 Å². The van der Waals surface area contributed by atoms with Crippen LogP contribution in [0.2, 0.25) is 0 Å². The summed E-state index contributed by atoms with van der Waals surface area (Å²) in [5.41, 5.74) is 1.08. The molecule has 0 radical (unpaired) electrons. The predicted octanol–water partition coefficient (Wildman–Crippen LogP) is 2.54. The molecule has 0 spiro atoms. The molecule has 0 heterocycles. The molecule has 0 unspecified atom stereocenters. The number of benzene rings is 1. The zero-order valence-electron chi connectivity index (χ0n) is 11.3. The molecule has 0 aromatic heterocycles. The van der Waals surface area contributed by atoms with E-state index in [1.165, 1.54) is 0 Å². The Labute approximate surface area is 125 Å². The van der Waals surface area contributed by atoms with Gasteiger partial charge in [0.25, 0.3) is 0 Å². The number of carbonyl (C=O) groups is 1. The molecule has 0 aliphatic carbocycles. The van der Waals surface area contributed by atoms with Gasteiger partial charge < -0.3 is 10.1 Å². The van der Waals surface area contributed by atoms with E-state index >= 15 is 0 Å². The Bertz CT molecular complexity index is 503. The average Bonchev–Trinajstić information content (AvgIpc) is 2.45. The highest BCUT2D eigenvalue weighted by Gasteiger charge is 1.99. The Morgan fingerprint density at radius 3 is 2.95 bits per heavy atom. The maximum absolute atomic E-state index is 11.1. The van der Waals surface area contributed by atoms with E-state index in [0.717, 1.165) is 17.7 Å². The standard InChI is InChI=1S/C16H18ClNO2/c1-2-7-14-8-3-4-9-15(14)20-13-6-5-12-18-16(19)10-11-17/h2-4,8-9H,1,7,10-13H2,(H,18,19). The highest BCUT2D eigenvalue weighted by Crippen LogP contribution is 2.18. The minimum absolute atomic E-state index is 0.0912. The molecule has 106 valence electrons. The van der Waals surface area contributed by atoms with Crippen molar-refractivity contribution < 1.29 is 9.53 Å². The Hall–Kier alpha value is -1.92. The predicted molar refractivity (Wildman–Crippen MR) is 82.0 cm³/mol. The van der Waals surface area contributed by atoms with Gasteiger partial charge in [0.15, 0.2) is 0 Å². The van der Waals surface area contributed by atoms with Gasteiger partial charge in [0.2, 0.25) is 5.91 Å². The molecule has 0 saturated heterocycles. The molecule has 0 saturated carbocycles. The topological polar surface area (TPSA) is 38.3 Å². The Morgan fingerprint density at radius 2 is 2.20 bits per heavy atom. The van der Waals surface area contributed by atoms with Gasteiger partial charge in [-0.3, -0.25) is 4.79 Å². The summed E-state index contributed by atoms with van der Waals surface area (Å²) in [4.78, 5) is 11.1. The first-order chi connectivity index (χ1) is 9.77. The van der Waals surface area contributed by atoms with Crippen molar-refractivity contribution in [2.45, 2.75) is 12.8 Å². The highest BCUT2D eigenvalue weighted by molar-refractivity contribution is 6.18. The molecule has 0 aliphatic heterocycles. The van der Waals surface area contributed by atoms with Crippen molar-refractivity contribution >= 4 is 17.5 Å². The van der Waals surface area contributed by atoms with Gasteiger partial charge in [-0.25, -0.2) is 0 Å². The molecule has 0 aliphatic rings. The normalized spacial score (nSPS) is 9.25. The van der Waals surface area contributed by atoms with Crippen molar-refractivity contribution in [3.05, 3.63) is 42.5 Å². The van der Waals surface area contributed by atoms with Crippen LogP contribution < -0.4 is 10.1 Å².